The van der Waals surface area contributed by atoms with Gasteiger partial charge < -0.3 is 4.57 Å². The Kier molecular flexibility index (Phi) is 3.17. The van der Waals surface area contributed by atoms with Gasteiger partial charge in [-0.1, -0.05) is 17.7 Å². The van der Waals surface area contributed by atoms with Crippen molar-refractivity contribution in [3.05, 3.63) is 53.3 Å². The lowest BCUT2D eigenvalue weighted by Gasteiger charge is -2.09. The fraction of sp³-hybridized carbons (Fsp3) is 0.133. The van der Waals surface area contributed by atoms with Gasteiger partial charge in [-0.25, -0.2) is 0 Å². The minimum Gasteiger partial charge on any atom is -0.344 e. The van der Waals surface area contributed by atoms with Crippen LogP contribution in [-0.4, -0.2) is 9.55 Å². The van der Waals surface area contributed by atoms with Crippen LogP contribution in [-0.2, 0) is 13.2 Å². The molecule has 2 nitrogen and oxygen atoms in total. The first-order valence-electron chi connectivity index (χ1n) is 6.14. The molecule has 3 rings (SSSR count). The highest BCUT2D eigenvalue weighted by Gasteiger charge is 2.31. The first kappa shape index (κ1) is 13.9. The monoisotopic (exact) mass is 310 g/mol. The Hall–Kier alpha value is -2.01. The molecule has 0 amide bonds. The van der Waals surface area contributed by atoms with Gasteiger partial charge in [0.1, 0.15) is 0 Å². The van der Waals surface area contributed by atoms with Crippen LogP contribution in [0.3, 0.4) is 0 Å². The Balaban J connectivity index is 2.19. The van der Waals surface area contributed by atoms with Gasteiger partial charge in [0.25, 0.3) is 0 Å². The first-order chi connectivity index (χ1) is 9.86. The van der Waals surface area contributed by atoms with Gasteiger partial charge >= 0.3 is 6.18 Å². The zero-order chi connectivity index (χ0) is 15.2. The molecule has 0 spiro atoms. The number of nitrogens with zero attached hydrogens (tertiary/aromatic N) is 2. The highest BCUT2D eigenvalue weighted by molar-refractivity contribution is 6.31. The van der Waals surface area contributed by atoms with Gasteiger partial charge in [-0.3, -0.25) is 4.98 Å². The summed E-state index contributed by atoms with van der Waals surface area (Å²) in [6, 6.07) is 8.29. The highest BCUT2D eigenvalue weighted by Crippen LogP contribution is 2.33. The van der Waals surface area contributed by atoms with E-state index in [0.717, 1.165) is 23.2 Å². The summed E-state index contributed by atoms with van der Waals surface area (Å²) in [5.41, 5.74) is 1.17. The molecule has 0 aliphatic heterocycles. The summed E-state index contributed by atoms with van der Waals surface area (Å²) in [6.07, 6.45) is -2.16. The average Bonchev–Trinajstić information content (AvgIpc) is 2.75. The van der Waals surface area contributed by atoms with Crippen LogP contribution in [0.1, 0.15) is 5.56 Å². The van der Waals surface area contributed by atoms with Crippen molar-refractivity contribution in [2.75, 3.05) is 0 Å². The molecule has 0 fully saturated rings. The fourth-order valence-electron chi connectivity index (χ4n) is 2.32. The summed E-state index contributed by atoms with van der Waals surface area (Å²) in [5, 5.41) is 1.49. The lowest BCUT2D eigenvalue weighted by molar-refractivity contribution is -0.137. The van der Waals surface area contributed by atoms with Gasteiger partial charge in [0.2, 0.25) is 0 Å². The number of halogens is 4. The van der Waals surface area contributed by atoms with E-state index < -0.39 is 11.7 Å². The summed E-state index contributed by atoms with van der Waals surface area (Å²) >= 11 is 5.96. The van der Waals surface area contributed by atoms with Crippen LogP contribution in [0.4, 0.5) is 13.2 Å². The molecule has 0 radical (unpaired) electrons. The van der Waals surface area contributed by atoms with E-state index in [2.05, 4.69) is 4.98 Å². The Morgan fingerprint density at radius 1 is 1.10 bits per heavy atom. The molecule has 1 aromatic carbocycles. The molecule has 0 bridgehead atoms. The van der Waals surface area contributed by atoms with Crippen LogP contribution >= 0.6 is 11.6 Å². The third-order valence-corrected chi connectivity index (χ3v) is 3.60. The standard InChI is InChI=1S/C15H10ClF3N2/c1-21-13(5-9-2-3-12(16)6-14(9)21)10-4-11(8-20-7-10)15(17,18)19/h2-8H,1H3. The molecule has 3 aromatic rings. The van der Waals surface area contributed by atoms with Crippen molar-refractivity contribution in [1.82, 2.24) is 9.55 Å². The van der Waals surface area contributed by atoms with Crippen LogP contribution < -0.4 is 0 Å². The lowest BCUT2D eigenvalue weighted by atomic mass is 10.1. The second kappa shape index (κ2) is 4.77. The topological polar surface area (TPSA) is 17.8 Å². The molecule has 108 valence electrons. The maximum atomic E-state index is 12.8. The van der Waals surface area contributed by atoms with Crippen LogP contribution in [0, 0.1) is 0 Å². The largest absolute Gasteiger partial charge is 0.417 e. The molecule has 21 heavy (non-hydrogen) atoms. The Morgan fingerprint density at radius 2 is 1.86 bits per heavy atom. The molecule has 0 unspecified atom stereocenters. The van der Waals surface area contributed by atoms with E-state index in [1.54, 1.807) is 23.7 Å². The van der Waals surface area contributed by atoms with Crippen molar-refractivity contribution < 1.29 is 13.2 Å². The quantitative estimate of drug-likeness (QED) is 0.624. The van der Waals surface area contributed by atoms with Crippen molar-refractivity contribution in [3.8, 4) is 11.3 Å². The number of rotatable bonds is 1. The van der Waals surface area contributed by atoms with E-state index in [1.807, 2.05) is 12.1 Å². The third kappa shape index (κ3) is 2.49. The molecular formula is C15H10ClF3N2. The normalized spacial score (nSPS) is 12.0. The number of alkyl halides is 3. The third-order valence-electron chi connectivity index (χ3n) is 3.37. The minimum absolute atomic E-state index is 0.416. The van der Waals surface area contributed by atoms with Crippen molar-refractivity contribution >= 4 is 22.5 Å². The van der Waals surface area contributed by atoms with Crippen LogP contribution in [0.15, 0.2) is 42.7 Å². The molecular weight excluding hydrogens is 301 g/mol. The number of aryl methyl sites for hydroxylation is 1. The Bertz CT molecular complexity index is 821. The maximum Gasteiger partial charge on any atom is 0.417 e. The summed E-state index contributed by atoms with van der Waals surface area (Å²) in [7, 11) is 1.79. The van der Waals surface area contributed by atoms with Gasteiger partial charge in [-0.05, 0) is 24.3 Å². The Labute approximate surface area is 123 Å². The number of hydrogen-bond donors (Lipinski definition) is 0. The molecule has 0 aliphatic carbocycles. The molecule has 0 saturated carbocycles. The molecule has 0 N–H and O–H groups in total. The highest BCUT2D eigenvalue weighted by atomic mass is 35.5. The smallest absolute Gasteiger partial charge is 0.344 e. The van der Waals surface area contributed by atoms with Gasteiger partial charge in [0.05, 0.1) is 11.3 Å². The summed E-state index contributed by atoms with van der Waals surface area (Å²) in [6.45, 7) is 0. The zero-order valence-corrected chi connectivity index (χ0v) is 11.7. The van der Waals surface area contributed by atoms with E-state index in [9.17, 15) is 13.2 Å². The number of hydrogen-bond acceptors (Lipinski definition) is 1. The summed E-state index contributed by atoms with van der Waals surface area (Å²) < 4.78 is 40.1. The van der Waals surface area contributed by atoms with E-state index in [4.69, 9.17) is 11.6 Å². The van der Waals surface area contributed by atoms with Crippen LogP contribution in [0.25, 0.3) is 22.2 Å². The number of aromatic nitrogens is 2. The van der Waals surface area contributed by atoms with Crippen molar-refractivity contribution in [2.24, 2.45) is 7.05 Å². The zero-order valence-electron chi connectivity index (χ0n) is 10.9. The molecule has 2 aromatic heterocycles. The van der Waals surface area contributed by atoms with Gasteiger partial charge in [0.15, 0.2) is 0 Å². The van der Waals surface area contributed by atoms with Crippen molar-refractivity contribution in [3.63, 3.8) is 0 Å². The summed E-state index contributed by atoms with van der Waals surface area (Å²) in [4.78, 5) is 3.70. The lowest BCUT2D eigenvalue weighted by Crippen LogP contribution is -2.05. The first-order valence-corrected chi connectivity index (χ1v) is 6.51. The van der Waals surface area contributed by atoms with E-state index in [1.165, 1.54) is 6.20 Å². The second-order valence-corrected chi connectivity index (χ2v) is 5.19. The molecule has 0 aliphatic rings. The fourth-order valence-corrected chi connectivity index (χ4v) is 2.48. The second-order valence-electron chi connectivity index (χ2n) is 4.75. The molecule has 6 heteroatoms. The van der Waals surface area contributed by atoms with Crippen molar-refractivity contribution in [1.29, 1.82) is 0 Å². The maximum absolute atomic E-state index is 12.8. The van der Waals surface area contributed by atoms with Crippen molar-refractivity contribution in [2.45, 2.75) is 6.18 Å². The van der Waals surface area contributed by atoms with E-state index in [0.29, 0.717) is 16.3 Å². The molecule has 2 heterocycles. The SMILES string of the molecule is Cn1c(-c2cncc(C(F)(F)F)c2)cc2ccc(Cl)cc21. The van der Waals surface area contributed by atoms with Gasteiger partial charge in [-0.15, -0.1) is 0 Å². The minimum atomic E-state index is -4.41. The molecule has 0 atom stereocenters. The Morgan fingerprint density at radius 3 is 2.57 bits per heavy atom. The predicted octanol–water partition coefficient (Wildman–Crippen LogP) is 4.91. The number of fused-ring (bicyclic) bond motifs is 1. The number of pyridine rings is 1. The summed E-state index contributed by atoms with van der Waals surface area (Å²) in [5.74, 6) is 0. The van der Waals surface area contributed by atoms with E-state index in [-0.39, 0.29) is 0 Å². The predicted molar refractivity (Wildman–Crippen MR) is 76.2 cm³/mol. The number of benzene rings is 1. The average molecular weight is 311 g/mol. The van der Waals surface area contributed by atoms with Gasteiger partial charge in [-0.2, -0.15) is 13.2 Å². The van der Waals surface area contributed by atoms with E-state index >= 15 is 0 Å². The van der Waals surface area contributed by atoms with Crippen LogP contribution in [0.2, 0.25) is 5.02 Å². The molecule has 0 saturated heterocycles. The van der Waals surface area contributed by atoms with Crippen LogP contribution in [0.5, 0.6) is 0 Å². The van der Waals surface area contributed by atoms with Gasteiger partial charge in [0, 0.05) is 40.9 Å².